The third-order valence-corrected chi connectivity index (χ3v) is 15.8. The van der Waals surface area contributed by atoms with Crippen LogP contribution in [0.5, 0.6) is 0 Å². The number of rotatable bonds is 4. The summed E-state index contributed by atoms with van der Waals surface area (Å²) in [6.45, 7) is 9.44. The molecule has 3 aromatic heterocycles. The molecule has 64 heavy (non-hydrogen) atoms. The molecule has 0 N–H and O–H groups in total. The van der Waals surface area contributed by atoms with E-state index in [1.54, 1.807) is 0 Å². The van der Waals surface area contributed by atoms with Gasteiger partial charge in [0.05, 0.1) is 11.1 Å². The van der Waals surface area contributed by atoms with Gasteiger partial charge >= 0.3 is 0 Å². The summed E-state index contributed by atoms with van der Waals surface area (Å²) in [4.78, 5) is 2.46. The zero-order valence-electron chi connectivity index (χ0n) is 35.9. The summed E-state index contributed by atoms with van der Waals surface area (Å²) in [5.41, 5.74) is 19.4. The highest BCUT2D eigenvalue weighted by Gasteiger charge is 2.38. The smallest absolute Gasteiger partial charge is 0.137 e. The molecule has 14 rings (SSSR count). The van der Waals surface area contributed by atoms with Crippen LogP contribution < -0.4 is 4.90 Å². The first-order valence-corrected chi connectivity index (χ1v) is 23.1. The Balaban J connectivity index is 1.00. The molecule has 0 radical (unpaired) electrons. The maximum Gasteiger partial charge on any atom is 0.137 e. The van der Waals surface area contributed by atoms with Crippen LogP contribution in [0.2, 0.25) is 0 Å². The molecule has 0 spiro atoms. The summed E-state index contributed by atoms with van der Waals surface area (Å²) < 4.78 is 16.4. The van der Waals surface area contributed by atoms with Crippen molar-refractivity contribution in [1.29, 1.82) is 0 Å². The standard InChI is InChI=1S/C60H41NO2S/c1-59(2)45-19-8-5-14-36(45)38-28-26-34(30-47(38)59)61(35-27-29-39-37-15-6-9-20-46(37)60(3,4)48(39)31-35)49-21-13-23-51-58(49)44-33-52-43(32-53(44)63-51)56-40(17-11-22-50(56)62-52)41-18-12-25-55-57(41)42-16-7-10-24-54(42)64-55/h5-33H,1-4H3. The molecule has 2 aliphatic rings. The van der Waals surface area contributed by atoms with E-state index in [9.17, 15) is 0 Å². The van der Waals surface area contributed by atoms with Gasteiger partial charge in [0.25, 0.3) is 0 Å². The van der Waals surface area contributed by atoms with Gasteiger partial charge in [-0.1, -0.05) is 137 Å². The molecule has 304 valence electrons. The van der Waals surface area contributed by atoms with E-state index >= 15 is 0 Å². The Morgan fingerprint density at radius 1 is 0.359 bits per heavy atom. The summed E-state index contributed by atoms with van der Waals surface area (Å²) in [6.07, 6.45) is 0. The average Bonchev–Trinajstić information content (AvgIpc) is 4.10. The van der Waals surface area contributed by atoms with Gasteiger partial charge in [-0.25, -0.2) is 0 Å². The third kappa shape index (κ3) is 4.76. The highest BCUT2D eigenvalue weighted by atomic mass is 32.1. The molecule has 2 aliphatic carbocycles. The first-order chi connectivity index (χ1) is 31.2. The molecule has 12 aromatic rings. The minimum atomic E-state index is -0.155. The Kier molecular flexibility index (Phi) is 7.12. The lowest BCUT2D eigenvalue weighted by Gasteiger charge is -2.30. The van der Waals surface area contributed by atoms with E-state index in [0.717, 1.165) is 66.5 Å². The second-order valence-electron chi connectivity index (χ2n) is 18.8. The molecule has 0 unspecified atom stereocenters. The summed E-state index contributed by atoms with van der Waals surface area (Å²) >= 11 is 1.85. The Bertz CT molecular complexity index is 3880. The van der Waals surface area contributed by atoms with Gasteiger partial charge in [0, 0.05) is 58.5 Å². The molecule has 0 aliphatic heterocycles. The van der Waals surface area contributed by atoms with Crippen molar-refractivity contribution in [3.05, 3.63) is 198 Å². The lowest BCUT2D eigenvalue weighted by Crippen LogP contribution is -2.18. The quantitative estimate of drug-likeness (QED) is 0.177. The number of fused-ring (bicyclic) bond motifs is 15. The third-order valence-electron chi connectivity index (χ3n) is 14.7. The highest BCUT2D eigenvalue weighted by Crippen LogP contribution is 2.54. The van der Waals surface area contributed by atoms with Crippen molar-refractivity contribution < 1.29 is 8.83 Å². The molecule has 9 aromatic carbocycles. The van der Waals surface area contributed by atoms with Gasteiger partial charge < -0.3 is 13.7 Å². The number of furan rings is 2. The SMILES string of the molecule is CC1(C)c2ccccc2-c2ccc(N(c3ccc4c(c3)C(C)(C)c3ccccc3-4)c3cccc4oc5cc6c(cc5c34)oc3cccc(-c4cccc5sc7ccccc7c45)c36)cc21. The fraction of sp³-hybridized carbons (Fsp3) is 0.100. The van der Waals surface area contributed by atoms with Crippen LogP contribution in [0.4, 0.5) is 17.1 Å². The Morgan fingerprint density at radius 3 is 1.50 bits per heavy atom. The molecule has 0 saturated heterocycles. The minimum absolute atomic E-state index is 0.155. The number of thiophene rings is 1. The lowest BCUT2D eigenvalue weighted by atomic mass is 9.82. The Hall–Kier alpha value is -7.40. The molecule has 0 fully saturated rings. The number of hydrogen-bond acceptors (Lipinski definition) is 4. The molecule has 0 bridgehead atoms. The number of benzene rings is 9. The van der Waals surface area contributed by atoms with Crippen LogP contribution in [0.15, 0.2) is 185 Å². The van der Waals surface area contributed by atoms with Gasteiger partial charge in [-0.15, -0.1) is 11.3 Å². The summed E-state index contributed by atoms with van der Waals surface area (Å²) in [5.74, 6) is 0. The van der Waals surface area contributed by atoms with E-state index in [1.807, 2.05) is 11.3 Å². The van der Waals surface area contributed by atoms with Crippen LogP contribution in [0.25, 0.3) is 97.4 Å². The van der Waals surface area contributed by atoms with Crippen molar-refractivity contribution in [3.63, 3.8) is 0 Å². The van der Waals surface area contributed by atoms with Crippen LogP contribution in [-0.4, -0.2) is 0 Å². The average molecular weight is 840 g/mol. The summed E-state index contributed by atoms with van der Waals surface area (Å²) in [6, 6.07) is 64.7. The number of hydrogen-bond donors (Lipinski definition) is 0. The van der Waals surface area contributed by atoms with E-state index in [1.165, 1.54) is 70.2 Å². The molecule has 3 nitrogen and oxygen atoms in total. The first-order valence-electron chi connectivity index (χ1n) is 22.2. The molecular weight excluding hydrogens is 799 g/mol. The van der Waals surface area contributed by atoms with Crippen molar-refractivity contribution in [3.8, 4) is 33.4 Å². The van der Waals surface area contributed by atoms with Crippen molar-refractivity contribution in [2.45, 2.75) is 38.5 Å². The Labute approximate surface area is 374 Å². The van der Waals surface area contributed by atoms with Crippen LogP contribution in [0.3, 0.4) is 0 Å². The van der Waals surface area contributed by atoms with Gasteiger partial charge in [0.2, 0.25) is 0 Å². The van der Waals surface area contributed by atoms with Gasteiger partial charge in [0.1, 0.15) is 22.3 Å². The number of anilines is 3. The molecule has 4 heteroatoms. The van der Waals surface area contributed by atoms with E-state index < -0.39 is 0 Å². The largest absolute Gasteiger partial charge is 0.456 e. The predicted molar refractivity (Wildman–Crippen MR) is 269 cm³/mol. The molecule has 0 amide bonds. The first kappa shape index (κ1) is 36.1. The fourth-order valence-corrected chi connectivity index (χ4v) is 12.8. The van der Waals surface area contributed by atoms with Gasteiger partial charge in [0.15, 0.2) is 0 Å². The number of nitrogens with zero attached hydrogens (tertiary/aromatic N) is 1. The zero-order valence-corrected chi connectivity index (χ0v) is 36.7. The van der Waals surface area contributed by atoms with Gasteiger partial charge in [-0.3, -0.25) is 0 Å². The lowest BCUT2D eigenvalue weighted by molar-refractivity contribution is 0.660. The van der Waals surface area contributed by atoms with Crippen LogP contribution in [0.1, 0.15) is 49.9 Å². The fourth-order valence-electron chi connectivity index (χ4n) is 11.6. The maximum absolute atomic E-state index is 6.93. The predicted octanol–water partition coefficient (Wildman–Crippen LogP) is 17.6. The van der Waals surface area contributed by atoms with Crippen LogP contribution >= 0.6 is 11.3 Å². The van der Waals surface area contributed by atoms with Gasteiger partial charge in [-0.2, -0.15) is 0 Å². The Morgan fingerprint density at radius 2 is 0.844 bits per heavy atom. The second-order valence-corrected chi connectivity index (χ2v) is 19.9. The van der Waals surface area contributed by atoms with E-state index in [0.29, 0.717) is 0 Å². The summed E-state index contributed by atoms with van der Waals surface area (Å²) in [7, 11) is 0. The van der Waals surface area contributed by atoms with Gasteiger partial charge in [-0.05, 0) is 122 Å². The molecular formula is C60H41NO2S. The summed E-state index contributed by atoms with van der Waals surface area (Å²) in [5, 5.41) is 6.81. The van der Waals surface area contributed by atoms with Crippen LogP contribution in [-0.2, 0) is 10.8 Å². The van der Waals surface area contributed by atoms with Crippen LogP contribution in [0, 0.1) is 0 Å². The van der Waals surface area contributed by atoms with E-state index in [-0.39, 0.29) is 10.8 Å². The highest BCUT2D eigenvalue weighted by molar-refractivity contribution is 7.25. The maximum atomic E-state index is 6.93. The van der Waals surface area contributed by atoms with Crippen molar-refractivity contribution >= 4 is 92.4 Å². The molecule has 0 atom stereocenters. The van der Waals surface area contributed by atoms with Crippen molar-refractivity contribution in [2.24, 2.45) is 0 Å². The van der Waals surface area contributed by atoms with Crippen molar-refractivity contribution in [2.75, 3.05) is 4.90 Å². The monoisotopic (exact) mass is 839 g/mol. The normalized spacial score (nSPS) is 14.5. The van der Waals surface area contributed by atoms with E-state index in [2.05, 4.69) is 209 Å². The second kappa shape index (κ2) is 12.6. The van der Waals surface area contributed by atoms with E-state index in [4.69, 9.17) is 8.83 Å². The minimum Gasteiger partial charge on any atom is -0.456 e. The van der Waals surface area contributed by atoms with Crippen molar-refractivity contribution in [1.82, 2.24) is 0 Å². The zero-order chi connectivity index (χ0) is 42.6. The molecule has 0 saturated carbocycles. The topological polar surface area (TPSA) is 29.5 Å². The molecule has 3 heterocycles.